The molecule has 1 N–H and O–H groups in total. The standard InChI is InChI=1S/C55H74Cl2N6O6S/c1-36(2)49(35-70(68,69)37(3)4)63-52(41-9-11-44(56)12-10-41)48(42-7-6-8-45(57)28-42)30-55(5,54(63)67)31-51(65)62-25-17-39(18-26-62)27-38-15-21-60(22-16-38)34-40-19-23-61(24-20-40)46-29-43(32-58-33-46)47-13-14-50(64)59-53(47)66/h6-12,28-29,32-33,36-40,47-49,52H,13-27,30-31,34-35H2,1-5H3,(H,59,64,66)/t47?,48-,49-,52-,55-/m1/s1. The van der Waals surface area contributed by atoms with Gasteiger partial charge in [0.15, 0.2) is 9.84 Å². The number of carbonyl (C=O) groups excluding carboxylic acids is 4. The number of carbonyl (C=O) groups is 4. The van der Waals surface area contributed by atoms with Crippen LogP contribution >= 0.6 is 23.2 Å². The van der Waals surface area contributed by atoms with Gasteiger partial charge in [0.25, 0.3) is 0 Å². The van der Waals surface area contributed by atoms with Crippen LogP contribution in [0.5, 0.6) is 0 Å². The number of halogens is 2. The molecular weight excluding hydrogens is 944 g/mol. The molecule has 5 fully saturated rings. The average molecular weight is 1020 g/mol. The molecule has 0 spiro atoms. The molecule has 5 atom stereocenters. The number of sulfone groups is 1. The van der Waals surface area contributed by atoms with Crippen LogP contribution in [0.1, 0.15) is 140 Å². The highest BCUT2D eigenvalue weighted by Gasteiger charge is 2.54. The van der Waals surface area contributed by atoms with Gasteiger partial charge in [0.2, 0.25) is 23.6 Å². The van der Waals surface area contributed by atoms with Gasteiger partial charge in [-0.2, -0.15) is 0 Å². The molecule has 3 aromatic rings. The van der Waals surface area contributed by atoms with Crippen LogP contribution < -0.4 is 10.2 Å². The fraction of sp³-hybridized carbons (Fsp3) is 0.618. The first-order chi connectivity index (χ1) is 33.4. The Morgan fingerprint density at radius 3 is 2.07 bits per heavy atom. The molecule has 0 radical (unpaired) electrons. The van der Waals surface area contributed by atoms with Gasteiger partial charge in [0, 0.05) is 73.8 Å². The van der Waals surface area contributed by atoms with E-state index in [9.17, 15) is 22.8 Å². The Kier molecular flexibility index (Phi) is 16.7. The van der Waals surface area contributed by atoms with Gasteiger partial charge >= 0.3 is 0 Å². The lowest BCUT2D eigenvalue weighted by molar-refractivity contribution is -0.159. The SMILES string of the molecule is CC(C)[C@@H](CS(=O)(=O)C(C)C)N1C(=O)[C@@](C)(CC(=O)N2CCC(CC3CCN(CC4CCN(c5cncc(C6CCC(=O)NC6=O)c5)CC4)CC3)CC2)C[C@H](c2cccc(Cl)c2)[C@H]1c1ccc(Cl)cc1. The van der Waals surface area contributed by atoms with Crippen LogP contribution in [0.3, 0.4) is 0 Å². The summed E-state index contributed by atoms with van der Waals surface area (Å²) in [6, 6.07) is 16.1. The molecule has 5 saturated heterocycles. The number of piperidine rings is 5. The highest BCUT2D eigenvalue weighted by atomic mass is 35.5. The molecule has 15 heteroatoms. The number of hydrogen-bond donors (Lipinski definition) is 1. The molecule has 70 heavy (non-hydrogen) atoms. The Labute approximate surface area is 426 Å². The fourth-order valence-electron chi connectivity index (χ4n) is 12.2. The number of aromatic nitrogens is 1. The van der Waals surface area contributed by atoms with Crippen molar-refractivity contribution in [2.45, 2.75) is 134 Å². The monoisotopic (exact) mass is 1020 g/mol. The topological polar surface area (TPSA) is 140 Å². The number of hydrogen-bond acceptors (Lipinski definition) is 9. The smallest absolute Gasteiger partial charge is 0.234 e. The van der Waals surface area contributed by atoms with E-state index < -0.39 is 32.6 Å². The molecule has 1 aromatic heterocycles. The summed E-state index contributed by atoms with van der Waals surface area (Å²) in [5.74, 6) is 0.304. The minimum absolute atomic E-state index is 0.0171. The zero-order valence-electron chi connectivity index (χ0n) is 41.8. The van der Waals surface area contributed by atoms with Crippen LogP contribution in [-0.4, -0.2) is 115 Å². The van der Waals surface area contributed by atoms with E-state index in [4.69, 9.17) is 23.2 Å². The highest BCUT2D eigenvalue weighted by Crippen LogP contribution is 2.53. The van der Waals surface area contributed by atoms with Crippen LogP contribution in [-0.2, 0) is 29.0 Å². The van der Waals surface area contributed by atoms with Crippen molar-refractivity contribution in [1.29, 1.82) is 0 Å². The predicted molar refractivity (Wildman–Crippen MR) is 278 cm³/mol. The molecule has 12 nitrogen and oxygen atoms in total. The summed E-state index contributed by atoms with van der Waals surface area (Å²) in [7, 11) is -3.57. The summed E-state index contributed by atoms with van der Waals surface area (Å²) in [5, 5.41) is 3.00. The van der Waals surface area contributed by atoms with E-state index in [2.05, 4.69) is 26.2 Å². The van der Waals surface area contributed by atoms with Gasteiger partial charge in [0.05, 0.1) is 40.3 Å². The first kappa shape index (κ1) is 52.3. The number of amides is 4. The van der Waals surface area contributed by atoms with Crippen molar-refractivity contribution < 1.29 is 27.6 Å². The quantitative estimate of drug-likeness (QED) is 0.148. The van der Waals surface area contributed by atoms with Gasteiger partial charge in [-0.3, -0.25) is 29.5 Å². The summed E-state index contributed by atoms with van der Waals surface area (Å²) in [6.45, 7) is 15.9. The second kappa shape index (κ2) is 22.4. The zero-order valence-corrected chi connectivity index (χ0v) is 44.2. The van der Waals surface area contributed by atoms with Crippen molar-refractivity contribution in [3.8, 4) is 0 Å². The van der Waals surface area contributed by atoms with Crippen molar-refractivity contribution in [2.24, 2.45) is 29.1 Å². The molecule has 1 unspecified atom stereocenters. The van der Waals surface area contributed by atoms with Gasteiger partial charge in [-0.25, -0.2) is 8.42 Å². The maximum atomic E-state index is 15.4. The normalized spacial score (nSPS) is 25.5. The Hall–Kier alpha value is -4.04. The number of imide groups is 1. The van der Waals surface area contributed by atoms with Crippen molar-refractivity contribution in [1.82, 2.24) is 25.0 Å². The molecule has 4 amide bonds. The first-order valence-electron chi connectivity index (χ1n) is 26.0. The Morgan fingerprint density at radius 2 is 1.44 bits per heavy atom. The Bertz CT molecular complexity index is 2450. The summed E-state index contributed by atoms with van der Waals surface area (Å²) in [4.78, 5) is 67.4. The van der Waals surface area contributed by atoms with Crippen LogP contribution in [0.25, 0.3) is 0 Å². The second-order valence-corrected chi connectivity index (χ2v) is 25.7. The minimum Gasteiger partial charge on any atom is -0.370 e. The van der Waals surface area contributed by atoms with E-state index in [-0.39, 0.29) is 53.6 Å². The van der Waals surface area contributed by atoms with Crippen LogP contribution in [0, 0.1) is 29.1 Å². The molecule has 2 aromatic carbocycles. The summed E-state index contributed by atoms with van der Waals surface area (Å²) in [5.41, 5.74) is 2.64. The highest BCUT2D eigenvalue weighted by molar-refractivity contribution is 7.92. The first-order valence-corrected chi connectivity index (χ1v) is 28.4. The Balaban J connectivity index is 0.855. The van der Waals surface area contributed by atoms with Gasteiger partial charge in [-0.1, -0.05) is 68.2 Å². The molecule has 5 aliphatic rings. The fourth-order valence-corrected chi connectivity index (χ4v) is 14.0. The summed E-state index contributed by atoms with van der Waals surface area (Å²) >= 11 is 13.0. The van der Waals surface area contributed by atoms with Crippen LogP contribution in [0.15, 0.2) is 67.0 Å². The van der Waals surface area contributed by atoms with E-state index in [0.29, 0.717) is 60.2 Å². The van der Waals surface area contributed by atoms with Gasteiger partial charge in [-0.05, 0) is 155 Å². The third-order valence-electron chi connectivity index (χ3n) is 16.6. The average Bonchev–Trinajstić information content (AvgIpc) is 3.33. The molecule has 5 aliphatic heterocycles. The largest absolute Gasteiger partial charge is 0.370 e. The van der Waals surface area contributed by atoms with Crippen LogP contribution in [0.4, 0.5) is 5.69 Å². The van der Waals surface area contributed by atoms with Gasteiger partial charge < -0.3 is 19.6 Å². The van der Waals surface area contributed by atoms with Gasteiger partial charge in [0.1, 0.15) is 0 Å². The number of likely N-dealkylation sites (tertiary alicyclic amines) is 3. The number of anilines is 1. The predicted octanol–water partition coefficient (Wildman–Crippen LogP) is 9.47. The van der Waals surface area contributed by atoms with Crippen molar-refractivity contribution in [3.05, 3.63) is 93.7 Å². The molecule has 0 aliphatic carbocycles. The summed E-state index contributed by atoms with van der Waals surface area (Å²) < 4.78 is 27.4. The van der Waals surface area contributed by atoms with Crippen molar-refractivity contribution >= 4 is 62.4 Å². The van der Waals surface area contributed by atoms with E-state index in [1.54, 1.807) is 20.0 Å². The lowest BCUT2D eigenvalue weighted by Gasteiger charge is -2.53. The van der Waals surface area contributed by atoms with E-state index in [1.165, 1.54) is 19.3 Å². The number of pyridine rings is 1. The van der Waals surface area contributed by atoms with Crippen LogP contribution in [0.2, 0.25) is 10.0 Å². The Morgan fingerprint density at radius 1 is 0.786 bits per heavy atom. The summed E-state index contributed by atoms with van der Waals surface area (Å²) in [6.07, 6.45) is 12.7. The third-order valence-corrected chi connectivity index (χ3v) is 19.3. The van der Waals surface area contributed by atoms with Gasteiger partial charge in [-0.15, -0.1) is 0 Å². The maximum Gasteiger partial charge on any atom is 0.234 e. The third kappa shape index (κ3) is 12.2. The molecule has 380 valence electrons. The van der Waals surface area contributed by atoms with E-state index in [1.807, 2.05) is 85.3 Å². The lowest BCUT2D eigenvalue weighted by Crippen LogP contribution is -2.59. The number of nitrogens with zero attached hydrogens (tertiary/aromatic N) is 5. The molecule has 6 heterocycles. The number of nitrogens with one attached hydrogen (secondary N) is 1. The minimum atomic E-state index is -3.57. The lowest BCUT2D eigenvalue weighted by atomic mass is 9.66. The molecule has 8 rings (SSSR count). The zero-order chi connectivity index (χ0) is 49.9. The molecular formula is C55H74Cl2N6O6S. The molecule has 0 saturated carbocycles. The maximum absolute atomic E-state index is 15.4. The van der Waals surface area contributed by atoms with Crippen molar-refractivity contribution in [3.63, 3.8) is 0 Å². The number of benzene rings is 2. The van der Waals surface area contributed by atoms with Crippen molar-refractivity contribution in [2.75, 3.05) is 56.5 Å². The molecule has 0 bridgehead atoms. The van der Waals surface area contributed by atoms with E-state index >= 15 is 4.79 Å². The number of rotatable bonds is 15. The second-order valence-electron chi connectivity index (χ2n) is 22.2. The van der Waals surface area contributed by atoms with E-state index in [0.717, 1.165) is 80.8 Å².